The molecule has 0 aromatic heterocycles. The van der Waals surface area contributed by atoms with Crippen LogP contribution in [-0.2, 0) is 12.8 Å². The van der Waals surface area contributed by atoms with Gasteiger partial charge in [0, 0.05) is 0 Å². The van der Waals surface area contributed by atoms with Crippen LogP contribution in [-0.4, -0.2) is 0 Å². The highest BCUT2D eigenvalue weighted by atomic mass is 14.2. The molecule has 0 atom stereocenters. The Balaban J connectivity index is -0.0000000589. The van der Waals surface area contributed by atoms with Crippen molar-refractivity contribution in [3.05, 3.63) is 106 Å². The van der Waals surface area contributed by atoms with Gasteiger partial charge in [-0.15, -0.1) is 0 Å². The number of hydrogen-bond donors (Lipinski definition) is 0. The summed E-state index contributed by atoms with van der Waals surface area (Å²) in [6.45, 7) is 40.5. The van der Waals surface area contributed by atoms with E-state index < -0.39 is 0 Å². The molecule has 3 aromatic rings. The van der Waals surface area contributed by atoms with E-state index in [2.05, 4.69) is 86.6 Å². The van der Waals surface area contributed by atoms with Crippen molar-refractivity contribution < 1.29 is 0 Å². The largest absolute Gasteiger partial charge is 0.0776 e. The summed E-state index contributed by atoms with van der Waals surface area (Å²) in [6.07, 6.45) is 7.54. The van der Waals surface area contributed by atoms with Crippen LogP contribution in [0.25, 0.3) is 0 Å². The second-order valence-corrected chi connectivity index (χ2v) is 8.85. The van der Waals surface area contributed by atoms with E-state index in [1.807, 2.05) is 125 Å². The van der Waals surface area contributed by atoms with Crippen molar-refractivity contribution in [1.29, 1.82) is 0 Å². The maximum Gasteiger partial charge on any atom is -0.00258 e. The Kier molecular flexibility index (Phi) is 112. The van der Waals surface area contributed by atoms with Crippen molar-refractivity contribution in [1.82, 2.24) is 0 Å². The summed E-state index contributed by atoms with van der Waals surface area (Å²) in [4.78, 5) is 0. The van der Waals surface area contributed by atoms with Crippen LogP contribution < -0.4 is 0 Å². The van der Waals surface area contributed by atoms with Crippen molar-refractivity contribution in [2.24, 2.45) is 5.92 Å². The first-order valence-electron chi connectivity index (χ1n) is 19.9. The predicted molar refractivity (Wildman–Crippen MR) is 263 cm³/mol. The van der Waals surface area contributed by atoms with E-state index in [1.165, 1.54) is 53.5 Å². The summed E-state index contributed by atoms with van der Waals surface area (Å²) in [7, 11) is 0. The van der Waals surface area contributed by atoms with Crippen LogP contribution in [0.2, 0.25) is 0 Å². The molecule has 0 nitrogen and oxygen atoms in total. The van der Waals surface area contributed by atoms with Crippen LogP contribution in [0, 0.1) is 12.8 Å². The highest BCUT2D eigenvalue weighted by Crippen LogP contribution is 2.35. The van der Waals surface area contributed by atoms with Gasteiger partial charge in [0.25, 0.3) is 0 Å². The molecule has 1 aliphatic rings. The van der Waals surface area contributed by atoms with Crippen molar-refractivity contribution in [3.63, 3.8) is 0 Å². The Morgan fingerprint density at radius 1 is 0.346 bits per heavy atom. The highest BCUT2D eigenvalue weighted by Gasteiger charge is 2.19. The standard InChI is InChI=1S/C28H32.9C2H6.6CH4/c1-21-3-7-23(8-4-21)19-24-9-11-25(12-10-24)20-26-13-17-28(18-14-26)27-15-5-22(2)6-16-27;9*1-2;;;;;;/h3-4,7-14,17-18,22,27H,5-6,15-16,19-20H2,1-2H3;9*1-2H3;6*1H4. The van der Waals surface area contributed by atoms with Crippen molar-refractivity contribution in [2.75, 3.05) is 0 Å². The van der Waals surface area contributed by atoms with Gasteiger partial charge in [-0.3, -0.25) is 0 Å². The molecule has 0 N–H and O–H groups in total. The van der Waals surface area contributed by atoms with E-state index in [-0.39, 0.29) is 44.6 Å². The van der Waals surface area contributed by atoms with Crippen molar-refractivity contribution >= 4 is 0 Å². The van der Waals surface area contributed by atoms with E-state index in [0.717, 1.165) is 24.7 Å². The third kappa shape index (κ3) is 42.1. The molecule has 52 heavy (non-hydrogen) atoms. The second-order valence-electron chi connectivity index (χ2n) is 8.85. The molecule has 318 valence electrons. The first-order chi connectivity index (χ1) is 22.7. The van der Waals surface area contributed by atoms with E-state index in [4.69, 9.17) is 0 Å². The van der Waals surface area contributed by atoms with Crippen LogP contribution in [0.15, 0.2) is 72.8 Å². The van der Waals surface area contributed by atoms with E-state index >= 15 is 0 Å². The molecule has 0 heteroatoms. The van der Waals surface area contributed by atoms with Crippen LogP contribution in [0.1, 0.15) is 241 Å². The van der Waals surface area contributed by atoms with Gasteiger partial charge in [-0.1, -0.05) is 267 Å². The van der Waals surface area contributed by atoms with Crippen LogP contribution >= 0.6 is 0 Å². The van der Waals surface area contributed by atoms with Gasteiger partial charge in [0.1, 0.15) is 0 Å². The lowest BCUT2D eigenvalue weighted by atomic mass is 9.79. The zero-order valence-electron chi connectivity index (χ0n) is 35.3. The van der Waals surface area contributed by atoms with Gasteiger partial charge in [-0.05, 0) is 72.3 Å². The number of aryl methyl sites for hydroxylation is 1. The zero-order chi connectivity index (χ0) is 37.3. The average Bonchev–Trinajstić information content (AvgIpc) is 3.18. The topological polar surface area (TPSA) is 0 Å². The van der Waals surface area contributed by atoms with E-state index in [9.17, 15) is 0 Å². The number of hydrogen-bond acceptors (Lipinski definition) is 0. The Morgan fingerprint density at radius 2 is 0.558 bits per heavy atom. The molecule has 0 saturated heterocycles. The molecule has 1 saturated carbocycles. The normalized spacial score (nSPS) is 11.5. The minimum absolute atomic E-state index is 0. The van der Waals surface area contributed by atoms with Crippen LogP contribution in [0.4, 0.5) is 0 Å². The zero-order valence-corrected chi connectivity index (χ0v) is 35.3. The molecule has 0 bridgehead atoms. The maximum atomic E-state index is 2.39. The SMILES string of the molecule is C.C.C.C.C.C.CC.CC.CC.CC.CC.CC.CC.CC.CC.Cc1ccc(Cc2ccc(Cc3ccc(C4CCC(C)CC4)cc3)cc2)cc1. The van der Waals surface area contributed by atoms with Gasteiger partial charge >= 0.3 is 0 Å². The minimum atomic E-state index is 0. The van der Waals surface area contributed by atoms with Gasteiger partial charge in [-0.2, -0.15) is 0 Å². The lowest BCUT2D eigenvalue weighted by Crippen LogP contribution is -2.10. The summed E-state index contributed by atoms with van der Waals surface area (Å²) >= 11 is 0. The summed E-state index contributed by atoms with van der Waals surface area (Å²) in [6, 6.07) is 27.4. The van der Waals surface area contributed by atoms with Crippen molar-refractivity contribution in [3.8, 4) is 0 Å². The summed E-state index contributed by atoms with van der Waals surface area (Å²) in [5, 5.41) is 0. The number of rotatable bonds is 5. The summed E-state index contributed by atoms with van der Waals surface area (Å²) in [5.41, 5.74) is 8.44. The fraction of sp³-hybridized carbons (Fsp3) is 0.654. The molecule has 0 heterocycles. The molecule has 0 radical (unpaired) electrons. The van der Waals surface area contributed by atoms with Crippen LogP contribution in [0.5, 0.6) is 0 Å². The monoisotopic (exact) mass is 735 g/mol. The molecular formula is C52H110. The first kappa shape index (κ1) is 82.9. The third-order valence-corrected chi connectivity index (χ3v) is 6.43. The van der Waals surface area contributed by atoms with Gasteiger partial charge in [0.2, 0.25) is 0 Å². The predicted octanol–water partition coefficient (Wildman–Crippen LogP) is 20.5. The van der Waals surface area contributed by atoms with Gasteiger partial charge in [0.15, 0.2) is 0 Å². The lowest BCUT2D eigenvalue weighted by molar-refractivity contribution is 0.348. The molecular weight excluding hydrogens is 625 g/mol. The van der Waals surface area contributed by atoms with E-state index in [0.29, 0.717) is 0 Å². The van der Waals surface area contributed by atoms with Gasteiger partial charge in [-0.25, -0.2) is 0 Å². The number of benzene rings is 3. The summed E-state index contributed by atoms with van der Waals surface area (Å²) < 4.78 is 0. The lowest BCUT2D eigenvalue weighted by Gasteiger charge is -2.26. The Morgan fingerprint density at radius 3 is 0.808 bits per heavy atom. The Hall–Kier alpha value is -2.34. The Labute approximate surface area is 338 Å². The Bertz CT molecular complexity index is 861. The summed E-state index contributed by atoms with van der Waals surface area (Å²) in [5.74, 6) is 1.70. The molecule has 0 aliphatic heterocycles. The van der Waals surface area contributed by atoms with Crippen molar-refractivity contribution in [2.45, 2.75) is 227 Å². The van der Waals surface area contributed by atoms with Crippen LogP contribution in [0.3, 0.4) is 0 Å². The molecule has 4 rings (SSSR count). The molecule has 3 aromatic carbocycles. The molecule has 0 amide bonds. The second kappa shape index (κ2) is 70.3. The molecule has 1 fully saturated rings. The third-order valence-electron chi connectivity index (χ3n) is 6.43. The van der Waals surface area contributed by atoms with Gasteiger partial charge < -0.3 is 0 Å². The molecule has 0 unspecified atom stereocenters. The van der Waals surface area contributed by atoms with E-state index in [1.54, 1.807) is 5.56 Å². The minimum Gasteiger partial charge on any atom is -0.0776 e. The van der Waals surface area contributed by atoms with Gasteiger partial charge in [0.05, 0.1) is 0 Å². The maximum absolute atomic E-state index is 2.39. The highest BCUT2D eigenvalue weighted by molar-refractivity contribution is 5.34. The fourth-order valence-corrected chi connectivity index (χ4v) is 4.45. The molecule has 1 aliphatic carbocycles. The quantitative estimate of drug-likeness (QED) is 0.245. The molecule has 0 spiro atoms. The smallest absolute Gasteiger partial charge is 0.00258 e. The first-order valence-corrected chi connectivity index (χ1v) is 19.9. The average molecular weight is 735 g/mol. The fourth-order valence-electron chi connectivity index (χ4n) is 4.45.